The average molecular weight is 224 g/mol. The van der Waals surface area contributed by atoms with Crippen LogP contribution in [-0.2, 0) is 6.42 Å². The van der Waals surface area contributed by atoms with Crippen LogP contribution in [0.25, 0.3) is 0 Å². The van der Waals surface area contributed by atoms with Crippen molar-refractivity contribution < 1.29 is 4.74 Å². The summed E-state index contributed by atoms with van der Waals surface area (Å²) in [7, 11) is 1.70. The molecule has 0 unspecified atom stereocenters. The van der Waals surface area contributed by atoms with Crippen LogP contribution in [0, 0.1) is 0 Å². The summed E-state index contributed by atoms with van der Waals surface area (Å²) in [5, 5.41) is 0. The highest BCUT2D eigenvalue weighted by Crippen LogP contribution is 2.13. The van der Waals surface area contributed by atoms with Gasteiger partial charge in [-0.2, -0.15) is 0 Å². The first-order valence-electron chi connectivity index (χ1n) is 6.41. The molecule has 1 aromatic rings. The van der Waals surface area contributed by atoms with Gasteiger partial charge >= 0.3 is 0 Å². The van der Waals surface area contributed by atoms with E-state index >= 15 is 0 Å². The lowest BCUT2D eigenvalue weighted by molar-refractivity contribution is 0.414. The molecule has 1 nitrogen and oxygen atoms in total. The van der Waals surface area contributed by atoms with Gasteiger partial charge in [0, 0.05) is 0 Å². The second kappa shape index (κ2) is 14.0. The van der Waals surface area contributed by atoms with Gasteiger partial charge in [-0.1, -0.05) is 59.6 Å². The largest absolute Gasteiger partial charge is 0.497 e. The summed E-state index contributed by atoms with van der Waals surface area (Å²) in [6, 6.07) is 8.22. The van der Waals surface area contributed by atoms with Crippen LogP contribution in [0.3, 0.4) is 0 Å². The van der Waals surface area contributed by atoms with Gasteiger partial charge in [-0.25, -0.2) is 0 Å². The molecular weight excluding hydrogens is 196 g/mol. The minimum Gasteiger partial charge on any atom is -0.497 e. The predicted molar refractivity (Wildman–Crippen MR) is 74.3 cm³/mol. The van der Waals surface area contributed by atoms with Gasteiger partial charge in [0.25, 0.3) is 0 Å². The SMILES string of the molecule is CC.CCC.CCCc1cccc(OC)c1. The summed E-state index contributed by atoms with van der Waals surface area (Å²) < 4.78 is 5.10. The van der Waals surface area contributed by atoms with Gasteiger partial charge in [-0.3, -0.25) is 0 Å². The molecule has 0 fully saturated rings. The number of methoxy groups -OCH3 is 1. The Morgan fingerprint density at radius 1 is 1.06 bits per heavy atom. The Labute approximate surface area is 102 Å². The zero-order valence-corrected chi connectivity index (χ0v) is 11.8. The quantitative estimate of drug-likeness (QED) is 0.695. The van der Waals surface area contributed by atoms with E-state index < -0.39 is 0 Å². The highest BCUT2D eigenvalue weighted by molar-refractivity contribution is 5.28. The van der Waals surface area contributed by atoms with E-state index in [1.807, 2.05) is 26.0 Å². The molecule has 0 spiro atoms. The van der Waals surface area contributed by atoms with Gasteiger partial charge in [0.1, 0.15) is 5.75 Å². The molecule has 0 saturated heterocycles. The molecule has 1 heteroatoms. The molecule has 0 aliphatic carbocycles. The van der Waals surface area contributed by atoms with Crippen molar-refractivity contribution in [1.82, 2.24) is 0 Å². The summed E-state index contributed by atoms with van der Waals surface area (Å²) in [6.45, 7) is 10.4. The fraction of sp³-hybridized carbons (Fsp3) is 0.600. The molecule has 0 amide bonds. The van der Waals surface area contributed by atoms with E-state index in [0.717, 1.165) is 12.2 Å². The van der Waals surface area contributed by atoms with E-state index in [1.165, 1.54) is 18.4 Å². The fourth-order valence-corrected chi connectivity index (χ4v) is 1.12. The van der Waals surface area contributed by atoms with Crippen molar-refractivity contribution in [3.05, 3.63) is 29.8 Å². The van der Waals surface area contributed by atoms with E-state index in [1.54, 1.807) is 7.11 Å². The van der Waals surface area contributed by atoms with Crippen LogP contribution in [0.15, 0.2) is 24.3 Å². The third kappa shape index (κ3) is 9.57. The Balaban J connectivity index is 0. The second-order valence-corrected chi connectivity index (χ2v) is 3.31. The van der Waals surface area contributed by atoms with E-state index in [2.05, 4.69) is 32.9 Å². The molecule has 16 heavy (non-hydrogen) atoms. The Hall–Kier alpha value is -0.980. The van der Waals surface area contributed by atoms with Crippen molar-refractivity contribution in [3.8, 4) is 5.75 Å². The molecule has 0 atom stereocenters. The summed E-state index contributed by atoms with van der Waals surface area (Å²) in [5.41, 5.74) is 1.35. The van der Waals surface area contributed by atoms with Crippen molar-refractivity contribution in [2.45, 2.75) is 53.9 Å². The molecule has 0 aliphatic rings. The summed E-state index contributed by atoms with van der Waals surface area (Å²) in [5.74, 6) is 0.955. The molecule has 94 valence electrons. The lowest BCUT2D eigenvalue weighted by Crippen LogP contribution is -1.86. The Morgan fingerprint density at radius 2 is 1.62 bits per heavy atom. The topological polar surface area (TPSA) is 9.23 Å². The van der Waals surface area contributed by atoms with Crippen molar-refractivity contribution in [2.75, 3.05) is 7.11 Å². The fourth-order valence-electron chi connectivity index (χ4n) is 1.12. The molecule has 0 aromatic heterocycles. The lowest BCUT2D eigenvalue weighted by Gasteiger charge is -2.01. The van der Waals surface area contributed by atoms with Crippen LogP contribution in [0.4, 0.5) is 0 Å². The second-order valence-electron chi connectivity index (χ2n) is 3.31. The van der Waals surface area contributed by atoms with Gasteiger partial charge in [0.05, 0.1) is 7.11 Å². The molecular formula is C15H28O. The average Bonchev–Trinajstić information content (AvgIpc) is 2.33. The number of ether oxygens (including phenoxy) is 1. The third-order valence-electron chi connectivity index (χ3n) is 1.67. The van der Waals surface area contributed by atoms with Gasteiger partial charge in [0.2, 0.25) is 0 Å². The summed E-state index contributed by atoms with van der Waals surface area (Å²) >= 11 is 0. The normalized spacial score (nSPS) is 8.12. The van der Waals surface area contributed by atoms with Crippen LogP contribution in [0.5, 0.6) is 5.75 Å². The Kier molecular flexibility index (Phi) is 15.3. The van der Waals surface area contributed by atoms with Gasteiger partial charge in [-0.05, 0) is 24.1 Å². The highest BCUT2D eigenvalue weighted by Gasteiger charge is 1.92. The molecule has 1 rings (SSSR count). The van der Waals surface area contributed by atoms with E-state index in [0.29, 0.717) is 0 Å². The number of hydrogen-bond donors (Lipinski definition) is 0. The molecule has 1 aromatic carbocycles. The predicted octanol–water partition coefficient (Wildman–Crippen LogP) is 5.09. The molecule has 0 N–H and O–H groups in total. The summed E-state index contributed by atoms with van der Waals surface area (Å²) in [4.78, 5) is 0. The minimum absolute atomic E-state index is 0.955. The zero-order valence-electron chi connectivity index (χ0n) is 11.8. The molecule has 0 aliphatic heterocycles. The van der Waals surface area contributed by atoms with Gasteiger partial charge in [-0.15, -0.1) is 0 Å². The first kappa shape index (κ1) is 17.4. The van der Waals surface area contributed by atoms with Crippen LogP contribution in [0.2, 0.25) is 0 Å². The van der Waals surface area contributed by atoms with E-state index in [-0.39, 0.29) is 0 Å². The number of hydrogen-bond acceptors (Lipinski definition) is 1. The van der Waals surface area contributed by atoms with Crippen molar-refractivity contribution in [3.63, 3.8) is 0 Å². The van der Waals surface area contributed by atoms with Gasteiger partial charge < -0.3 is 4.74 Å². The maximum atomic E-state index is 5.10. The maximum absolute atomic E-state index is 5.10. The number of benzene rings is 1. The number of aryl methyl sites for hydroxylation is 1. The standard InChI is InChI=1S/C10H14O.C3H8.C2H6/c1-3-5-9-6-4-7-10(8-9)11-2;1-3-2;1-2/h4,6-8H,3,5H2,1-2H3;3H2,1-2H3;1-2H3. The van der Waals surface area contributed by atoms with Crippen LogP contribution in [0.1, 0.15) is 53.0 Å². The Bertz CT molecular complexity index is 231. The molecule has 0 bridgehead atoms. The molecule has 0 saturated carbocycles. The summed E-state index contributed by atoms with van der Waals surface area (Å²) in [6.07, 6.45) is 3.57. The van der Waals surface area contributed by atoms with Gasteiger partial charge in [0.15, 0.2) is 0 Å². The van der Waals surface area contributed by atoms with Crippen LogP contribution in [-0.4, -0.2) is 7.11 Å². The van der Waals surface area contributed by atoms with Crippen molar-refractivity contribution in [2.24, 2.45) is 0 Å². The molecule has 0 radical (unpaired) electrons. The smallest absolute Gasteiger partial charge is 0.119 e. The number of rotatable bonds is 3. The van der Waals surface area contributed by atoms with Crippen LogP contribution < -0.4 is 4.74 Å². The first-order chi connectivity index (χ1) is 7.78. The first-order valence-corrected chi connectivity index (χ1v) is 6.41. The van der Waals surface area contributed by atoms with E-state index in [4.69, 9.17) is 4.74 Å². The monoisotopic (exact) mass is 224 g/mol. The Morgan fingerprint density at radius 3 is 2.06 bits per heavy atom. The van der Waals surface area contributed by atoms with E-state index in [9.17, 15) is 0 Å². The maximum Gasteiger partial charge on any atom is 0.119 e. The zero-order chi connectivity index (χ0) is 12.8. The molecule has 0 heterocycles. The van der Waals surface area contributed by atoms with Crippen molar-refractivity contribution in [1.29, 1.82) is 0 Å². The highest BCUT2D eigenvalue weighted by atomic mass is 16.5. The minimum atomic E-state index is 0.955. The van der Waals surface area contributed by atoms with Crippen molar-refractivity contribution >= 4 is 0 Å². The third-order valence-corrected chi connectivity index (χ3v) is 1.67. The van der Waals surface area contributed by atoms with Crippen LogP contribution >= 0.6 is 0 Å². The lowest BCUT2D eigenvalue weighted by atomic mass is 10.1.